The number of hydrogen-bond donors (Lipinski definition) is 1. The van der Waals surface area contributed by atoms with Crippen LogP contribution in [0.15, 0.2) is 0 Å². The van der Waals surface area contributed by atoms with Crippen molar-refractivity contribution in [3.05, 3.63) is 0 Å². The molecule has 18 heavy (non-hydrogen) atoms. The van der Waals surface area contributed by atoms with E-state index in [4.69, 9.17) is 18.9 Å². The van der Waals surface area contributed by atoms with Gasteiger partial charge in [0.1, 0.15) is 0 Å². The second-order valence-electron chi connectivity index (χ2n) is 4.41. The van der Waals surface area contributed by atoms with Gasteiger partial charge >= 0.3 is 0 Å². The van der Waals surface area contributed by atoms with E-state index in [-0.39, 0.29) is 0 Å². The molecule has 0 aliphatic carbocycles. The zero-order valence-corrected chi connectivity index (χ0v) is 11.5. The molecule has 0 spiro atoms. The lowest BCUT2D eigenvalue weighted by Crippen LogP contribution is -2.36. The molecular formula is C13H27NO4. The van der Waals surface area contributed by atoms with Gasteiger partial charge in [-0.25, -0.2) is 0 Å². The van der Waals surface area contributed by atoms with Crippen LogP contribution in [0, 0.1) is 0 Å². The molecule has 1 N–H and O–H groups in total. The van der Waals surface area contributed by atoms with E-state index in [2.05, 4.69) is 5.32 Å². The minimum absolute atomic E-state index is 0.611. The van der Waals surface area contributed by atoms with E-state index in [1.165, 1.54) is 0 Å². The number of ether oxygens (including phenoxy) is 4. The average molecular weight is 261 g/mol. The van der Waals surface area contributed by atoms with Gasteiger partial charge in [0, 0.05) is 46.1 Å². The molecule has 0 unspecified atom stereocenters. The van der Waals surface area contributed by atoms with Crippen LogP contribution in [0.3, 0.4) is 0 Å². The Morgan fingerprint density at radius 2 is 1.72 bits per heavy atom. The summed E-state index contributed by atoms with van der Waals surface area (Å²) in [5.74, 6) is 0. The van der Waals surface area contributed by atoms with Crippen LogP contribution >= 0.6 is 0 Å². The lowest BCUT2D eigenvalue weighted by atomic mass is 10.1. The Morgan fingerprint density at radius 1 is 1.00 bits per heavy atom. The van der Waals surface area contributed by atoms with Crippen molar-refractivity contribution in [2.24, 2.45) is 0 Å². The van der Waals surface area contributed by atoms with Crippen LogP contribution in [0.1, 0.15) is 19.3 Å². The van der Waals surface area contributed by atoms with Crippen LogP contribution in [0.2, 0.25) is 0 Å². The minimum Gasteiger partial charge on any atom is -0.382 e. The van der Waals surface area contributed by atoms with E-state index in [1.54, 1.807) is 7.11 Å². The van der Waals surface area contributed by atoms with Gasteiger partial charge in [-0.2, -0.15) is 0 Å². The Bertz CT molecular complexity index is 174. The molecule has 0 saturated carbocycles. The second kappa shape index (κ2) is 11.9. The molecular weight excluding hydrogens is 234 g/mol. The summed E-state index contributed by atoms with van der Waals surface area (Å²) in [6.07, 6.45) is 3.18. The lowest BCUT2D eigenvalue weighted by Gasteiger charge is -2.23. The normalized spacial score (nSPS) is 17.2. The van der Waals surface area contributed by atoms with Crippen LogP contribution in [-0.2, 0) is 18.9 Å². The van der Waals surface area contributed by atoms with Crippen LogP contribution in [0.25, 0.3) is 0 Å². The molecule has 5 heteroatoms. The van der Waals surface area contributed by atoms with E-state index in [0.717, 1.165) is 58.8 Å². The van der Waals surface area contributed by atoms with E-state index in [1.807, 2.05) is 0 Å². The highest BCUT2D eigenvalue weighted by molar-refractivity contribution is 4.69. The molecule has 1 saturated heterocycles. The van der Waals surface area contributed by atoms with Crippen molar-refractivity contribution in [2.75, 3.05) is 59.9 Å². The topological polar surface area (TPSA) is 49.0 Å². The van der Waals surface area contributed by atoms with Crippen molar-refractivity contribution in [3.8, 4) is 0 Å². The van der Waals surface area contributed by atoms with Crippen molar-refractivity contribution >= 4 is 0 Å². The lowest BCUT2D eigenvalue weighted by molar-refractivity contribution is 0.0495. The van der Waals surface area contributed by atoms with E-state index >= 15 is 0 Å². The molecule has 108 valence electrons. The van der Waals surface area contributed by atoms with Crippen molar-refractivity contribution < 1.29 is 18.9 Å². The molecule has 0 bridgehead atoms. The summed E-state index contributed by atoms with van der Waals surface area (Å²) in [5.41, 5.74) is 0. The van der Waals surface area contributed by atoms with Gasteiger partial charge in [0.2, 0.25) is 0 Å². The largest absolute Gasteiger partial charge is 0.382 e. The molecule has 1 fully saturated rings. The summed E-state index contributed by atoms with van der Waals surface area (Å²) >= 11 is 0. The predicted molar refractivity (Wildman–Crippen MR) is 70.0 cm³/mol. The SMILES string of the molecule is COCCOCCCOCCNC1CCOCC1. The maximum absolute atomic E-state index is 5.53. The van der Waals surface area contributed by atoms with Gasteiger partial charge in [0.05, 0.1) is 19.8 Å². The highest BCUT2D eigenvalue weighted by atomic mass is 16.5. The summed E-state index contributed by atoms with van der Waals surface area (Å²) in [7, 11) is 1.68. The molecule has 1 aliphatic heterocycles. The van der Waals surface area contributed by atoms with E-state index in [9.17, 15) is 0 Å². The standard InChI is InChI=1S/C13H27NO4/c1-15-11-12-17-7-2-6-16-10-5-14-13-3-8-18-9-4-13/h13-14H,2-12H2,1H3. The van der Waals surface area contributed by atoms with E-state index in [0.29, 0.717) is 19.3 Å². The Morgan fingerprint density at radius 3 is 2.44 bits per heavy atom. The fourth-order valence-corrected chi connectivity index (χ4v) is 1.85. The number of methoxy groups -OCH3 is 1. The fraction of sp³-hybridized carbons (Fsp3) is 1.00. The Balaban J connectivity index is 1.73. The van der Waals surface area contributed by atoms with Gasteiger partial charge in [-0.1, -0.05) is 0 Å². The molecule has 0 atom stereocenters. The summed E-state index contributed by atoms with van der Waals surface area (Å²) in [4.78, 5) is 0. The van der Waals surface area contributed by atoms with Gasteiger partial charge in [0.25, 0.3) is 0 Å². The zero-order chi connectivity index (χ0) is 12.9. The van der Waals surface area contributed by atoms with Crippen molar-refractivity contribution in [1.29, 1.82) is 0 Å². The fourth-order valence-electron chi connectivity index (χ4n) is 1.85. The molecule has 1 rings (SSSR count). The third-order valence-electron chi connectivity index (χ3n) is 2.91. The van der Waals surface area contributed by atoms with Crippen molar-refractivity contribution in [1.82, 2.24) is 5.32 Å². The third-order valence-corrected chi connectivity index (χ3v) is 2.91. The maximum atomic E-state index is 5.53. The number of hydrogen-bond acceptors (Lipinski definition) is 5. The molecule has 0 aromatic rings. The first kappa shape index (κ1) is 15.9. The summed E-state index contributed by atoms with van der Waals surface area (Å²) < 4.78 is 21.1. The number of nitrogens with one attached hydrogen (secondary N) is 1. The van der Waals surface area contributed by atoms with Gasteiger partial charge in [-0.05, 0) is 19.3 Å². The highest BCUT2D eigenvalue weighted by Crippen LogP contribution is 2.05. The van der Waals surface area contributed by atoms with Crippen LogP contribution < -0.4 is 5.32 Å². The third kappa shape index (κ3) is 8.83. The first-order valence-corrected chi connectivity index (χ1v) is 6.89. The Hall–Kier alpha value is -0.200. The van der Waals surface area contributed by atoms with Gasteiger partial charge in [-0.3, -0.25) is 0 Å². The maximum Gasteiger partial charge on any atom is 0.0700 e. The zero-order valence-electron chi connectivity index (χ0n) is 11.5. The molecule has 5 nitrogen and oxygen atoms in total. The smallest absolute Gasteiger partial charge is 0.0700 e. The summed E-state index contributed by atoms with van der Waals surface area (Å²) in [5, 5.41) is 3.49. The van der Waals surface area contributed by atoms with Gasteiger partial charge in [-0.15, -0.1) is 0 Å². The quantitative estimate of drug-likeness (QED) is 0.558. The molecule has 0 amide bonds. The van der Waals surface area contributed by atoms with Crippen LogP contribution in [-0.4, -0.2) is 65.9 Å². The predicted octanol–water partition coefficient (Wildman–Crippen LogP) is 0.825. The Kier molecular flexibility index (Phi) is 10.5. The number of rotatable bonds is 11. The average Bonchev–Trinajstić information content (AvgIpc) is 2.42. The van der Waals surface area contributed by atoms with Crippen LogP contribution in [0.4, 0.5) is 0 Å². The molecule has 0 radical (unpaired) electrons. The minimum atomic E-state index is 0.611. The Labute approximate surface area is 110 Å². The molecule has 1 aliphatic rings. The molecule has 0 aromatic carbocycles. The molecule has 0 aromatic heterocycles. The summed E-state index contributed by atoms with van der Waals surface area (Å²) in [6.45, 7) is 6.32. The van der Waals surface area contributed by atoms with Crippen molar-refractivity contribution in [3.63, 3.8) is 0 Å². The monoisotopic (exact) mass is 261 g/mol. The molecule has 1 heterocycles. The first-order chi connectivity index (χ1) is 8.93. The summed E-state index contributed by atoms with van der Waals surface area (Å²) in [6, 6.07) is 0.611. The first-order valence-electron chi connectivity index (χ1n) is 6.89. The van der Waals surface area contributed by atoms with Crippen molar-refractivity contribution in [2.45, 2.75) is 25.3 Å². The highest BCUT2D eigenvalue weighted by Gasteiger charge is 2.11. The van der Waals surface area contributed by atoms with Gasteiger partial charge < -0.3 is 24.3 Å². The van der Waals surface area contributed by atoms with E-state index < -0.39 is 0 Å². The second-order valence-corrected chi connectivity index (χ2v) is 4.41. The van der Waals surface area contributed by atoms with Gasteiger partial charge in [0.15, 0.2) is 0 Å². The van der Waals surface area contributed by atoms with Crippen LogP contribution in [0.5, 0.6) is 0 Å².